The van der Waals surface area contributed by atoms with Gasteiger partial charge in [0.05, 0.1) is 6.54 Å². The molecule has 1 aliphatic rings. The molecule has 2 rings (SSSR count). The zero-order valence-corrected chi connectivity index (χ0v) is 12.3. The Bertz CT molecular complexity index is 393. The number of nitrogens with one attached hydrogen (secondary N) is 1. The summed E-state index contributed by atoms with van der Waals surface area (Å²) in [4.78, 5) is 15.4. The Hall–Kier alpha value is -0.910. The van der Waals surface area contributed by atoms with Gasteiger partial charge in [0.1, 0.15) is 0 Å². The Morgan fingerprint density at radius 1 is 1.63 bits per heavy atom. The molecule has 0 bridgehead atoms. The number of nitrogens with zero attached hydrogens (tertiary/aromatic N) is 1. The first-order valence-electron chi connectivity index (χ1n) is 6.92. The molecule has 0 aliphatic carbocycles. The summed E-state index contributed by atoms with van der Waals surface area (Å²) in [6.45, 7) is 5.08. The summed E-state index contributed by atoms with van der Waals surface area (Å²) in [5.74, 6) is 0.676. The number of hydrogen-bond donors (Lipinski definition) is 2. The molecule has 2 atom stereocenters. The van der Waals surface area contributed by atoms with Gasteiger partial charge in [-0.15, -0.1) is 11.3 Å². The van der Waals surface area contributed by atoms with Gasteiger partial charge in [-0.2, -0.15) is 0 Å². The maximum atomic E-state index is 11.9. The first kappa shape index (κ1) is 14.5. The second-order valence-corrected chi connectivity index (χ2v) is 6.33. The minimum absolute atomic E-state index is 0.126. The normalized spacial score (nSPS) is 23.7. The van der Waals surface area contributed by atoms with E-state index >= 15 is 0 Å². The number of nitrogens with two attached hydrogens (primary N) is 1. The summed E-state index contributed by atoms with van der Waals surface area (Å²) >= 11 is 1.74. The van der Waals surface area contributed by atoms with Gasteiger partial charge < -0.3 is 11.1 Å². The van der Waals surface area contributed by atoms with E-state index in [1.807, 2.05) is 6.07 Å². The molecule has 1 fully saturated rings. The summed E-state index contributed by atoms with van der Waals surface area (Å²) in [7, 11) is 0. The average Bonchev–Trinajstić information content (AvgIpc) is 3.00. The second kappa shape index (κ2) is 7.03. The van der Waals surface area contributed by atoms with Crippen LogP contribution in [-0.2, 0) is 11.2 Å². The molecular weight excluding hydrogens is 258 g/mol. The highest BCUT2D eigenvalue weighted by atomic mass is 32.1. The van der Waals surface area contributed by atoms with Crippen LogP contribution in [0.2, 0.25) is 0 Å². The summed E-state index contributed by atoms with van der Waals surface area (Å²) in [5.41, 5.74) is 5.70. The van der Waals surface area contributed by atoms with E-state index in [4.69, 9.17) is 5.73 Å². The van der Waals surface area contributed by atoms with Crippen LogP contribution in [0.4, 0.5) is 0 Å². The second-order valence-electron chi connectivity index (χ2n) is 5.30. The highest BCUT2D eigenvalue weighted by Gasteiger charge is 2.29. The molecule has 0 radical (unpaired) electrons. The number of rotatable bonds is 6. The Kier molecular flexibility index (Phi) is 5.36. The average molecular weight is 281 g/mol. The van der Waals surface area contributed by atoms with Crippen molar-refractivity contribution in [2.24, 2.45) is 11.7 Å². The van der Waals surface area contributed by atoms with Crippen LogP contribution in [0.1, 0.15) is 18.2 Å². The lowest BCUT2D eigenvalue weighted by Crippen LogP contribution is -2.39. The van der Waals surface area contributed by atoms with Gasteiger partial charge in [0.2, 0.25) is 5.91 Å². The number of carbonyl (C=O) groups excluding carboxylic acids is 1. The topological polar surface area (TPSA) is 58.4 Å². The number of hydrogen-bond acceptors (Lipinski definition) is 4. The van der Waals surface area contributed by atoms with Crippen molar-refractivity contribution >= 4 is 17.2 Å². The maximum absolute atomic E-state index is 11.9. The predicted molar refractivity (Wildman–Crippen MR) is 79.2 cm³/mol. The number of amides is 1. The third kappa shape index (κ3) is 4.30. The van der Waals surface area contributed by atoms with Gasteiger partial charge in [0.15, 0.2) is 0 Å². The minimum Gasteiger partial charge on any atom is -0.355 e. The molecule has 0 spiro atoms. The van der Waals surface area contributed by atoms with Crippen LogP contribution in [-0.4, -0.2) is 43.0 Å². The lowest BCUT2D eigenvalue weighted by molar-refractivity contribution is -0.122. The Morgan fingerprint density at radius 2 is 2.47 bits per heavy atom. The van der Waals surface area contributed by atoms with E-state index in [9.17, 15) is 4.79 Å². The maximum Gasteiger partial charge on any atom is 0.234 e. The molecule has 0 aromatic carbocycles. The van der Waals surface area contributed by atoms with Crippen LogP contribution in [0.3, 0.4) is 0 Å². The Morgan fingerprint density at radius 3 is 3.11 bits per heavy atom. The number of thiophene rings is 1. The molecule has 19 heavy (non-hydrogen) atoms. The molecule has 1 amide bonds. The van der Waals surface area contributed by atoms with Crippen molar-refractivity contribution in [3.63, 3.8) is 0 Å². The molecular formula is C14H23N3OS. The molecule has 1 aromatic rings. The van der Waals surface area contributed by atoms with Crippen molar-refractivity contribution in [2.45, 2.75) is 25.8 Å². The molecule has 0 saturated carbocycles. The molecule has 1 aliphatic heterocycles. The van der Waals surface area contributed by atoms with Gasteiger partial charge in [-0.1, -0.05) is 6.07 Å². The van der Waals surface area contributed by atoms with Crippen molar-refractivity contribution in [1.82, 2.24) is 10.2 Å². The molecule has 106 valence electrons. The molecule has 3 N–H and O–H groups in total. The van der Waals surface area contributed by atoms with Crippen LogP contribution in [0.25, 0.3) is 0 Å². The van der Waals surface area contributed by atoms with E-state index in [0.29, 0.717) is 18.5 Å². The first-order valence-corrected chi connectivity index (χ1v) is 7.80. The van der Waals surface area contributed by atoms with Gasteiger partial charge in [0.25, 0.3) is 0 Å². The lowest BCUT2D eigenvalue weighted by Gasteiger charge is -2.20. The molecule has 4 nitrogen and oxygen atoms in total. The van der Waals surface area contributed by atoms with Gasteiger partial charge in [-0.05, 0) is 43.7 Å². The summed E-state index contributed by atoms with van der Waals surface area (Å²) < 4.78 is 0. The summed E-state index contributed by atoms with van der Waals surface area (Å²) in [5, 5.41) is 5.06. The van der Waals surface area contributed by atoms with Crippen molar-refractivity contribution in [1.29, 1.82) is 0 Å². The highest BCUT2D eigenvalue weighted by molar-refractivity contribution is 7.09. The monoisotopic (exact) mass is 281 g/mol. The summed E-state index contributed by atoms with van der Waals surface area (Å²) in [6.07, 6.45) is 2.03. The van der Waals surface area contributed by atoms with Crippen molar-refractivity contribution < 1.29 is 4.79 Å². The zero-order valence-electron chi connectivity index (χ0n) is 11.5. The van der Waals surface area contributed by atoms with E-state index in [-0.39, 0.29) is 5.91 Å². The van der Waals surface area contributed by atoms with Crippen molar-refractivity contribution in [2.75, 3.05) is 26.2 Å². The largest absolute Gasteiger partial charge is 0.355 e. The third-order valence-corrected chi connectivity index (χ3v) is 4.68. The van der Waals surface area contributed by atoms with E-state index in [0.717, 1.165) is 32.5 Å². The SMILES string of the molecule is CC1CC(CN)CN1CC(=O)NCCc1cccs1. The molecule has 1 saturated heterocycles. The fourth-order valence-corrected chi connectivity index (χ4v) is 3.34. The van der Waals surface area contributed by atoms with Crippen molar-refractivity contribution in [3.05, 3.63) is 22.4 Å². The standard InChI is InChI=1S/C14H23N3OS/c1-11-7-12(8-15)9-17(11)10-14(18)16-5-4-13-3-2-6-19-13/h2-3,6,11-12H,4-5,7-10,15H2,1H3,(H,16,18). The van der Waals surface area contributed by atoms with E-state index in [2.05, 4.69) is 28.6 Å². The highest BCUT2D eigenvalue weighted by Crippen LogP contribution is 2.21. The Balaban J connectivity index is 1.67. The van der Waals surface area contributed by atoms with E-state index in [1.54, 1.807) is 11.3 Å². The minimum atomic E-state index is 0.126. The Labute approximate surface area is 119 Å². The van der Waals surface area contributed by atoms with Gasteiger partial charge >= 0.3 is 0 Å². The fourth-order valence-electron chi connectivity index (χ4n) is 2.63. The quantitative estimate of drug-likeness (QED) is 0.820. The predicted octanol–water partition coefficient (Wildman–Crippen LogP) is 1.08. The van der Waals surface area contributed by atoms with E-state index < -0.39 is 0 Å². The molecule has 2 heterocycles. The van der Waals surface area contributed by atoms with Gasteiger partial charge in [-0.25, -0.2) is 0 Å². The van der Waals surface area contributed by atoms with Gasteiger partial charge in [-0.3, -0.25) is 9.69 Å². The third-order valence-electron chi connectivity index (χ3n) is 3.74. The van der Waals surface area contributed by atoms with Crippen LogP contribution < -0.4 is 11.1 Å². The first-order chi connectivity index (χ1) is 9.19. The van der Waals surface area contributed by atoms with Crippen LogP contribution in [0, 0.1) is 5.92 Å². The smallest absolute Gasteiger partial charge is 0.234 e. The summed E-state index contributed by atoms with van der Waals surface area (Å²) in [6, 6.07) is 4.61. The van der Waals surface area contributed by atoms with Crippen LogP contribution in [0.15, 0.2) is 17.5 Å². The fraction of sp³-hybridized carbons (Fsp3) is 0.643. The molecule has 5 heteroatoms. The van der Waals surface area contributed by atoms with Crippen molar-refractivity contribution in [3.8, 4) is 0 Å². The van der Waals surface area contributed by atoms with Crippen LogP contribution in [0.5, 0.6) is 0 Å². The van der Waals surface area contributed by atoms with Gasteiger partial charge in [0, 0.05) is 24.0 Å². The number of likely N-dealkylation sites (tertiary alicyclic amines) is 1. The molecule has 1 aromatic heterocycles. The number of carbonyl (C=O) groups is 1. The lowest BCUT2D eigenvalue weighted by atomic mass is 10.1. The van der Waals surface area contributed by atoms with Crippen LogP contribution >= 0.6 is 11.3 Å². The zero-order chi connectivity index (χ0) is 13.7. The molecule has 2 unspecified atom stereocenters. The van der Waals surface area contributed by atoms with E-state index in [1.165, 1.54) is 4.88 Å².